The number of likely N-dealkylation sites (N-methyl/N-ethyl adjacent to an activating group) is 1. The van der Waals surface area contributed by atoms with Crippen molar-refractivity contribution < 1.29 is 9.53 Å². The molecule has 2 unspecified atom stereocenters. The molecule has 0 radical (unpaired) electrons. The fraction of sp³-hybridized carbons (Fsp3) is 0.500. The third-order valence-electron chi connectivity index (χ3n) is 3.37. The van der Waals surface area contributed by atoms with E-state index >= 15 is 0 Å². The van der Waals surface area contributed by atoms with Crippen LogP contribution in [0.1, 0.15) is 12.5 Å². The van der Waals surface area contributed by atoms with Crippen molar-refractivity contribution in [1.29, 1.82) is 0 Å². The Morgan fingerprint density at radius 2 is 2.37 bits per heavy atom. The van der Waals surface area contributed by atoms with Crippen LogP contribution in [0.15, 0.2) is 18.2 Å². The zero-order valence-electron chi connectivity index (χ0n) is 11.2. The molecule has 1 aliphatic rings. The molecule has 0 fully saturated rings. The summed E-state index contributed by atoms with van der Waals surface area (Å²) in [6.45, 7) is 3.06. The van der Waals surface area contributed by atoms with E-state index in [0.29, 0.717) is 24.6 Å². The number of hydrogen-bond acceptors (Lipinski definition) is 3. The van der Waals surface area contributed by atoms with Crippen LogP contribution in [-0.2, 0) is 11.2 Å². The van der Waals surface area contributed by atoms with Crippen molar-refractivity contribution >= 4 is 17.5 Å². The Morgan fingerprint density at radius 1 is 1.58 bits per heavy atom. The van der Waals surface area contributed by atoms with E-state index in [4.69, 9.17) is 16.3 Å². The van der Waals surface area contributed by atoms with Gasteiger partial charge in [0.25, 0.3) is 0 Å². The van der Waals surface area contributed by atoms with E-state index in [1.54, 1.807) is 6.07 Å². The van der Waals surface area contributed by atoms with Gasteiger partial charge in [-0.05, 0) is 44.2 Å². The van der Waals surface area contributed by atoms with Crippen molar-refractivity contribution in [3.8, 4) is 5.75 Å². The molecule has 5 heteroatoms. The van der Waals surface area contributed by atoms with Crippen LogP contribution >= 0.6 is 11.6 Å². The average Bonchev–Trinajstić information content (AvgIpc) is 2.43. The maximum atomic E-state index is 12.1. The molecular weight excluding hydrogens is 264 g/mol. The molecule has 19 heavy (non-hydrogen) atoms. The predicted molar refractivity (Wildman–Crippen MR) is 75.7 cm³/mol. The van der Waals surface area contributed by atoms with Crippen molar-refractivity contribution in [2.45, 2.75) is 19.4 Å². The second-order valence-corrected chi connectivity index (χ2v) is 5.34. The molecule has 1 amide bonds. The Morgan fingerprint density at radius 3 is 3.11 bits per heavy atom. The van der Waals surface area contributed by atoms with Crippen LogP contribution in [0.2, 0.25) is 5.02 Å². The van der Waals surface area contributed by atoms with Gasteiger partial charge in [0.05, 0.1) is 5.92 Å². The number of nitrogens with one attached hydrogen (secondary N) is 2. The van der Waals surface area contributed by atoms with E-state index in [9.17, 15) is 4.79 Å². The summed E-state index contributed by atoms with van der Waals surface area (Å²) in [4.78, 5) is 12.1. The Hall–Kier alpha value is -1.26. The van der Waals surface area contributed by atoms with Gasteiger partial charge in [0.1, 0.15) is 12.4 Å². The first-order valence-electron chi connectivity index (χ1n) is 6.46. The van der Waals surface area contributed by atoms with E-state index < -0.39 is 0 Å². The molecule has 104 valence electrons. The topological polar surface area (TPSA) is 50.4 Å². The highest BCUT2D eigenvalue weighted by atomic mass is 35.5. The van der Waals surface area contributed by atoms with E-state index in [-0.39, 0.29) is 17.9 Å². The molecule has 2 atom stereocenters. The van der Waals surface area contributed by atoms with Crippen molar-refractivity contribution in [2.24, 2.45) is 5.92 Å². The van der Waals surface area contributed by atoms with Crippen LogP contribution in [0, 0.1) is 5.92 Å². The van der Waals surface area contributed by atoms with Crippen LogP contribution in [0.3, 0.4) is 0 Å². The molecule has 2 N–H and O–H groups in total. The number of benzene rings is 1. The van der Waals surface area contributed by atoms with Crippen molar-refractivity contribution in [2.75, 3.05) is 20.2 Å². The van der Waals surface area contributed by atoms with Crippen LogP contribution in [-0.4, -0.2) is 32.1 Å². The van der Waals surface area contributed by atoms with E-state index in [1.165, 1.54) is 0 Å². The molecule has 1 aromatic rings. The lowest BCUT2D eigenvalue weighted by Gasteiger charge is -2.25. The summed E-state index contributed by atoms with van der Waals surface area (Å²) in [7, 11) is 1.87. The zero-order valence-corrected chi connectivity index (χ0v) is 12.0. The first-order valence-corrected chi connectivity index (χ1v) is 6.84. The number of fused-ring (bicyclic) bond motifs is 1. The van der Waals surface area contributed by atoms with Gasteiger partial charge in [-0.2, -0.15) is 0 Å². The van der Waals surface area contributed by atoms with Crippen LogP contribution in [0.5, 0.6) is 5.75 Å². The normalized spacial score (nSPS) is 19.2. The van der Waals surface area contributed by atoms with Crippen molar-refractivity contribution in [3.05, 3.63) is 28.8 Å². The van der Waals surface area contributed by atoms with E-state index in [0.717, 1.165) is 11.3 Å². The largest absolute Gasteiger partial charge is 0.492 e. The van der Waals surface area contributed by atoms with Gasteiger partial charge in [0.15, 0.2) is 0 Å². The summed E-state index contributed by atoms with van der Waals surface area (Å²) >= 11 is 5.96. The summed E-state index contributed by atoms with van der Waals surface area (Å²) in [5.74, 6) is 0.722. The molecule has 0 aliphatic carbocycles. The molecular formula is C14H19ClN2O2. The third kappa shape index (κ3) is 3.61. The second kappa shape index (κ2) is 6.26. The van der Waals surface area contributed by atoms with Crippen LogP contribution in [0.25, 0.3) is 0 Å². The Kier molecular flexibility index (Phi) is 4.66. The Labute approximate surface area is 118 Å². The first kappa shape index (κ1) is 14.2. The monoisotopic (exact) mass is 282 g/mol. The highest BCUT2D eigenvalue weighted by molar-refractivity contribution is 6.30. The minimum atomic E-state index is -0.143. The minimum absolute atomic E-state index is 0.0349. The standard InChI is InChI=1S/C14H19ClN2O2/c1-9(16-2)7-17-14(18)11-5-10-6-12(15)3-4-13(10)19-8-11/h3-4,6,9,11,16H,5,7-8H2,1-2H3,(H,17,18). The smallest absolute Gasteiger partial charge is 0.226 e. The molecule has 0 saturated carbocycles. The highest BCUT2D eigenvalue weighted by Gasteiger charge is 2.26. The molecule has 0 saturated heterocycles. The molecule has 2 rings (SSSR count). The van der Waals surface area contributed by atoms with Gasteiger partial charge in [-0.15, -0.1) is 0 Å². The Bertz CT molecular complexity index is 465. The fourth-order valence-corrected chi connectivity index (χ4v) is 2.23. The van der Waals surface area contributed by atoms with Crippen LogP contribution < -0.4 is 15.4 Å². The van der Waals surface area contributed by atoms with Crippen molar-refractivity contribution in [1.82, 2.24) is 10.6 Å². The highest BCUT2D eigenvalue weighted by Crippen LogP contribution is 2.29. The summed E-state index contributed by atoms with van der Waals surface area (Å²) in [6, 6.07) is 5.78. The predicted octanol–water partition coefficient (Wildman–Crippen LogP) is 1.62. The number of hydrogen-bond donors (Lipinski definition) is 2. The lowest BCUT2D eigenvalue weighted by atomic mass is 9.96. The Balaban J connectivity index is 1.95. The number of halogens is 1. The maximum absolute atomic E-state index is 12.1. The van der Waals surface area contributed by atoms with E-state index in [2.05, 4.69) is 10.6 Å². The molecule has 0 bridgehead atoms. The maximum Gasteiger partial charge on any atom is 0.226 e. The molecule has 0 spiro atoms. The molecule has 1 heterocycles. The van der Waals surface area contributed by atoms with Gasteiger partial charge in [-0.1, -0.05) is 11.6 Å². The fourth-order valence-electron chi connectivity index (χ4n) is 2.03. The number of amides is 1. The van der Waals surface area contributed by atoms with Gasteiger partial charge in [0, 0.05) is 17.6 Å². The molecule has 0 aromatic heterocycles. The number of ether oxygens (including phenoxy) is 1. The zero-order chi connectivity index (χ0) is 13.8. The SMILES string of the molecule is CNC(C)CNC(=O)C1COc2ccc(Cl)cc2C1. The summed E-state index contributed by atoms with van der Waals surface area (Å²) in [5, 5.41) is 6.69. The number of carbonyl (C=O) groups excluding carboxylic acids is 1. The van der Waals surface area contributed by atoms with Crippen molar-refractivity contribution in [3.63, 3.8) is 0 Å². The number of rotatable bonds is 4. The summed E-state index contributed by atoms with van der Waals surface area (Å²) in [6.07, 6.45) is 0.676. The van der Waals surface area contributed by atoms with E-state index in [1.807, 2.05) is 26.1 Å². The number of carbonyl (C=O) groups is 1. The minimum Gasteiger partial charge on any atom is -0.492 e. The van der Waals surface area contributed by atoms with Gasteiger partial charge in [-0.25, -0.2) is 0 Å². The quantitative estimate of drug-likeness (QED) is 0.882. The van der Waals surface area contributed by atoms with Gasteiger partial charge in [0.2, 0.25) is 5.91 Å². The molecule has 1 aliphatic heterocycles. The lowest BCUT2D eigenvalue weighted by Crippen LogP contribution is -2.42. The summed E-state index contributed by atoms with van der Waals surface area (Å²) < 4.78 is 5.61. The van der Waals surface area contributed by atoms with Gasteiger partial charge >= 0.3 is 0 Å². The average molecular weight is 283 g/mol. The van der Waals surface area contributed by atoms with Gasteiger partial charge in [-0.3, -0.25) is 4.79 Å². The lowest BCUT2D eigenvalue weighted by molar-refractivity contribution is -0.126. The summed E-state index contributed by atoms with van der Waals surface area (Å²) in [5.41, 5.74) is 1.00. The third-order valence-corrected chi connectivity index (χ3v) is 3.61. The first-order chi connectivity index (χ1) is 9.10. The second-order valence-electron chi connectivity index (χ2n) is 4.90. The van der Waals surface area contributed by atoms with Crippen LogP contribution in [0.4, 0.5) is 0 Å². The molecule has 4 nitrogen and oxygen atoms in total. The molecule has 1 aromatic carbocycles. The van der Waals surface area contributed by atoms with Gasteiger partial charge < -0.3 is 15.4 Å².